The van der Waals surface area contributed by atoms with Crippen molar-refractivity contribution in [3.63, 3.8) is 0 Å². The van der Waals surface area contributed by atoms with E-state index in [1.807, 2.05) is 0 Å². The second kappa shape index (κ2) is 6.58. The normalized spacial score (nSPS) is 9.89. The van der Waals surface area contributed by atoms with Gasteiger partial charge in [-0.1, -0.05) is 12.1 Å². The molecule has 18 heavy (non-hydrogen) atoms. The van der Waals surface area contributed by atoms with Gasteiger partial charge in [0.25, 0.3) is 0 Å². The van der Waals surface area contributed by atoms with Crippen molar-refractivity contribution in [2.24, 2.45) is 0 Å². The molecule has 0 heterocycles. The van der Waals surface area contributed by atoms with E-state index < -0.39 is 4.92 Å². The maximum atomic E-state index is 10.9. The highest BCUT2D eigenvalue weighted by Crippen LogP contribution is 2.30. The molecule has 1 rings (SSSR count). The van der Waals surface area contributed by atoms with Gasteiger partial charge in [0.05, 0.1) is 18.6 Å². The molecule has 0 saturated carbocycles. The van der Waals surface area contributed by atoms with Crippen LogP contribution in [0.3, 0.4) is 0 Å². The lowest BCUT2D eigenvalue weighted by atomic mass is 10.2. The fraction of sp³-hybridized carbons (Fsp3) is 0.417. The molecule has 0 N–H and O–H groups in total. The van der Waals surface area contributed by atoms with E-state index in [1.54, 1.807) is 25.1 Å². The number of aryl methyl sites for hydroxylation is 1. The maximum Gasteiger partial charge on any atom is 0.313 e. The molecule has 0 unspecified atom stereocenters. The third-order valence-electron chi connectivity index (χ3n) is 2.39. The Balaban J connectivity index is 2.60. The Morgan fingerprint density at radius 2 is 2.17 bits per heavy atom. The van der Waals surface area contributed by atoms with E-state index in [-0.39, 0.29) is 30.4 Å². The number of esters is 1. The number of nitrogens with zero attached hydrogens (tertiary/aromatic N) is 1. The van der Waals surface area contributed by atoms with Crippen molar-refractivity contribution in [2.75, 3.05) is 13.7 Å². The summed E-state index contributed by atoms with van der Waals surface area (Å²) >= 11 is 0. The van der Waals surface area contributed by atoms with E-state index in [4.69, 9.17) is 4.74 Å². The van der Waals surface area contributed by atoms with Gasteiger partial charge in [-0.2, -0.15) is 0 Å². The first kappa shape index (κ1) is 14.0. The third-order valence-corrected chi connectivity index (χ3v) is 2.39. The predicted octanol–water partition coefficient (Wildman–Crippen LogP) is 2.24. The Labute approximate surface area is 105 Å². The summed E-state index contributed by atoms with van der Waals surface area (Å²) in [5.74, 6) is -0.0952. The quantitative estimate of drug-likeness (QED) is 0.336. The van der Waals surface area contributed by atoms with Gasteiger partial charge in [0.15, 0.2) is 5.75 Å². The number of rotatable bonds is 6. The monoisotopic (exact) mass is 253 g/mol. The summed E-state index contributed by atoms with van der Waals surface area (Å²) in [6.07, 6.45) is 0.688. The van der Waals surface area contributed by atoms with Crippen molar-refractivity contribution in [1.29, 1.82) is 0 Å². The molecule has 6 nitrogen and oxygen atoms in total. The van der Waals surface area contributed by atoms with E-state index in [2.05, 4.69) is 4.74 Å². The number of hydrogen-bond acceptors (Lipinski definition) is 5. The molecule has 0 bridgehead atoms. The van der Waals surface area contributed by atoms with Gasteiger partial charge in [-0.05, 0) is 19.4 Å². The molecule has 0 atom stereocenters. The molecule has 1 aromatic rings. The molecule has 0 amide bonds. The molecule has 0 radical (unpaired) electrons. The van der Waals surface area contributed by atoms with Gasteiger partial charge in [0, 0.05) is 12.0 Å². The summed E-state index contributed by atoms with van der Waals surface area (Å²) in [7, 11) is 1.31. The van der Waals surface area contributed by atoms with Crippen molar-refractivity contribution in [2.45, 2.75) is 19.8 Å². The largest absolute Gasteiger partial charge is 0.487 e. The lowest BCUT2D eigenvalue weighted by molar-refractivity contribution is -0.386. The summed E-state index contributed by atoms with van der Waals surface area (Å²) in [5.41, 5.74) is 0.515. The second-order valence-corrected chi connectivity index (χ2v) is 3.71. The lowest BCUT2D eigenvalue weighted by Gasteiger charge is -2.07. The molecule has 0 aliphatic heterocycles. The minimum Gasteiger partial charge on any atom is -0.487 e. The number of nitro groups is 1. The van der Waals surface area contributed by atoms with Gasteiger partial charge >= 0.3 is 11.7 Å². The van der Waals surface area contributed by atoms with Crippen molar-refractivity contribution < 1.29 is 19.2 Å². The molecule has 0 spiro atoms. The number of nitro benzene ring substituents is 1. The van der Waals surface area contributed by atoms with Crippen molar-refractivity contribution in [3.05, 3.63) is 33.9 Å². The standard InChI is InChI=1S/C12H15NO5/c1-9-5-3-6-10(12(9)13(15)16)18-8-4-7-11(14)17-2/h3,5-6H,4,7-8H2,1-2H3. The first-order valence-electron chi connectivity index (χ1n) is 5.50. The van der Waals surface area contributed by atoms with Crippen LogP contribution < -0.4 is 4.74 Å². The zero-order valence-electron chi connectivity index (χ0n) is 10.3. The van der Waals surface area contributed by atoms with Gasteiger partial charge in [0.2, 0.25) is 0 Å². The molecule has 0 saturated heterocycles. The number of carbonyl (C=O) groups excluding carboxylic acids is 1. The maximum absolute atomic E-state index is 10.9. The van der Waals surface area contributed by atoms with Crippen LogP contribution >= 0.6 is 0 Å². The van der Waals surface area contributed by atoms with Gasteiger partial charge in [-0.3, -0.25) is 14.9 Å². The molecular weight excluding hydrogens is 238 g/mol. The van der Waals surface area contributed by atoms with Crippen molar-refractivity contribution in [3.8, 4) is 5.75 Å². The summed E-state index contributed by atoms with van der Waals surface area (Å²) in [6, 6.07) is 4.89. The number of ether oxygens (including phenoxy) is 2. The Kier molecular flexibility index (Phi) is 5.10. The first-order valence-corrected chi connectivity index (χ1v) is 5.50. The Morgan fingerprint density at radius 1 is 1.44 bits per heavy atom. The van der Waals surface area contributed by atoms with Crippen LogP contribution in [0.4, 0.5) is 5.69 Å². The number of carbonyl (C=O) groups is 1. The summed E-state index contributed by atoms with van der Waals surface area (Å²) in [5, 5.41) is 10.9. The molecule has 6 heteroatoms. The summed E-state index contributed by atoms with van der Waals surface area (Å²) in [4.78, 5) is 21.3. The summed E-state index contributed by atoms with van der Waals surface area (Å²) < 4.78 is 9.81. The highest BCUT2D eigenvalue weighted by atomic mass is 16.6. The average molecular weight is 253 g/mol. The highest BCUT2D eigenvalue weighted by molar-refractivity contribution is 5.69. The fourth-order valence-electron chi connectivity index (χ4n) is 1.48. The molecular formula is C12H15NO5. The van der Waals surface area contributed by atoms with Gasteiger partial charge in [-0.15, -0.1) is 0 Å². The Morgan fingerprint density at radius 3 is 2.78 bits per heavy atom. The molecule has 98 valence electrons. The smallest absolute Gasteiger partial charge is 0.313 e. The van der Waals surface area contributed by atoms with Crippen LogP contribution in [0.5, 0.6) is 5.75 Å². The van der Waals surface area contributed by atoms with Gasteiger partial charge < -0.3 is 9.47 Å². The molecule has 0 fully saturated rings. The van der Waals surface area contributed by atoms with Crippen LogP contribution in [-0.4, -0.2) is 24.6 Å². The number of benzene rings is 1. The lowest BCUT2D eigenvalue weighted by Crippen LogP contribution is -2.06. The molecule has 1 aromatic carbocycles. The van der Waals surface area contributed by atoms with E-state index in [0.717, 1.165) is 0 Å². The SMILES string of the molecule is COC(=O)CCCOc1cccc(C)c1[N+](=O)[O-]. The predicted molar refractivity (Wildman–Crippen MR) is 64.6 cm³/mol. The van der Waals surface area contributed by atoms with Gasteiger partial charge in [0.1, 0.15) is 0 Å². The second-order valence-electron chi connectivity index (χ2n) is 3.71. The Hall–Kier alpha value is -2.11. The fourth-order valence-corrected chi connectivity index (χ4v) is 1.48. The first-order chi connectivity index (χ1) is 8.56. The van der Waals surface area contributed by atoms with Crippen molar-refractivity contribution >= 4 is 11.7 Å². The van der Waals surface area contributed by atoms with Crippen LogP contribution in [0.1, 0.15) is 18.4 Å². The number of hydrogen-bond donors (Lipinski definition) is 0. The van der Waals surface area contributed by atoms with E-state index in [9.17, 15) is 14.9 Å². The minimum atomic E-state index is -0.467. The average Bonchev–Trinajstić information content (AvgIpc) is 2.33. The summed E-state index contributed by atoms with van der Waals surface area (Å²) in [6.45, 7) is 1.89. The van der Waals surface area contributed by atoms with Crippen LogP contribution in [0.2, 0.25) is 0 Å². The number of methoxy groups -OCH3 is 1. The van der Waals surface area contributed by atoms with Crippen LogP contribution in [0, 0.1) is 17.0 Å². The van der Waals surface area contributed by atoms with Crippen LogP contribution in [0.25, 0.3) is 0 Å². The zero-order chi connectivity index (χ0) is 13.5. The van der Waals surface area contributed by atoms with E-state index in [1.165, 1.54) is 7.11 Å². The number of para-hydroxylation sites is 1. The van der Waals surface area contributed by atoms with Crippen LogP contribution in [-0.2, 0) is 9.53 Å². The molecule has 0 aliphatic carbocycles. The molecule has 0 aliphatic rings. The van der Waals surface area contributed by atoms with E-state index in [0.29, 0.717) is 12.0 Å². The highest BCUT2D eigenvalue weighted by Gasteiger charge is 2.17. The topological polar surface area (TPSA) is 78.7 Å². The molecule has 0 aromatic heterocycles. The Bertz CT molecular complexity index is 444. The van der Waals surface area contributed by atoms with Crippen molar-refractivity contribution in [1.82, 2.24) is 0 Å². The third kappa shape index (κ3) is 3.73. The van der Waals surface area contributed by atoms with Gasteiger partial charge in [-0.25, -0.2) is 0 Å². The van der Waals surface area contributed by atoms with E-state index >= 15 is 0 Å². The van der Waals surface area contributed by atoms with Crippen LogP contribution in [0.15, 0.2) is 18.2 Å². The zero-order valence-corrected chi connectivity index (χ0v) is 10.3. The minimum absolute atomic E-state index is 0.0319.